The molecule has 1 saturated heterocycles. The highest BCUT2D eigenvalue weighted by atomic mass is 32.2. The molecule has 1 atom stereocenters. The zero-order valence-corrected chi connectivity index (χ0v) is 15.5. The van der Waals surface area contributed by atoms with Gasteiger partial charge in [0.25, 0.3) is 0 Å². The molecular formula is C17H28N4O2S. The zero-order chi connectivity index (χ0) is 16.9. The minimum Gasteiger partial charge on any atom is -0.376 e. The SMILES string of the molecule is CC(C)c1nnc(SCC(=O)NC2CCCC2)n1CC1CCCO1. The van der Waals surface area contributed by atoms with E-state index < -0.39 is 0 Å². The second kappa shape index (κ2) is 8.34. The van der Waals surface area contributed by atoms with E-state index in [0.717, 1.165) is 49.8 Å². The molecule has 2 aliphatic rings. The number of aromatic nitrogens is 3. The maximum absolute atomic E-state index is 12.2. The average Bonchev–Trinajstić information content (AvgIpc) is 3.27. The van der Waals surface area contributed by atoms with Gasteiger partial charge in [-0.2, -0.15) is 0 Å². The topological polar surface area (TPSA) is 69.0 Å². The van der Waals surface area contributed by atoms with Crippen LogP contribution in [0.1, 0.15) is 64.1 Å². The van der Waals surface area contributed by atoms with E-state index >= 15 is 0 Å². The predicted molar refractivity (Wildman–Crippen MR) is 94.2 cm³/mol. The third-order valence-electron chi connectivity index (χ3n) is 4.72. The van der Waals surface area contributed by atoms with E-state index in [1.165, 1.54) is 24.6 Å². The summed E-state index contributed by atoms with van der Waals surface area (Å²) < 4.78 is 7.91. The minimum absolute atomic E-state index is 0.102. The van der Waals surface area contributed by atoms with E-state index in [-0.39, 0.29) is 12.0 Å². The Morgan fingerprint density at radius 2 is 2.08 bits per heavy atom. The van der Waals surface area contributed by atoms with Crippen molar-refractivity contribution in [3.8, 4) is 0 Å². The van der Waals surface area contributed by atoms with Gasteiger partial charge in [-0.25, -0.2) is 0 Å². The Labute approximate surface area is 148 Å². The molecule has 3 rings (SSSR count). The molecule has 134 valence electrons. The first-order valence-electron chi connectivity index (χ1n) is 9.10. The third kappa shape index (κ3) is 4.51. The number of nitrogens with zero attached hydrogens (tertiary/aromatic N) is 3. The highest BCUT2D eigenvalue weighted by Crippen LogP contribution is 2.24. The number of hydrogen-bond acceptors (Lipinski definition) is 5. The van der Waals surface area contributed by atoms with Gasteiger partial charge in [-0.1, -0.05) is 38.5 Å². The van der Waals surface area contributed by atoms with Crippen molar-refractivity contribution >= 4 is 17.7 Å². The van der Waals surface area contributed by atoms with Crippen LogP contribution in [0.25, 0.3) is 0 Å². The van der Waals surface area contributed by atoms with Gasteiger partial charge in [-0.15, -0.1) is 10.2 Å². The standard InChI is InChI=1S/C17H28N4O2S/c1-12(2)16-19-20-17(21(16)10-14-8-5-9-23-14)24-11-15(22)18-13-6-3-4-7-13/h12-14H,3-11H2,1-2H3,(H,18,22). The van der Waals surface area contributed by atoms with E-state index in [1.807, 2.05) is 0 Å². The van der Waals surface area contributed by atoms with Crippen molar-refractivity contribution in [2.45, 2.75) is 82.1 Å². The summed E-state index contributed by atoms with van der Waals surface area (Å²) in [5.41, 5.74) is 0. The maximum atomic E-state index is 12.2. The van der Waals surface area contributed by atoms with Crippen LogP contribution in [-0.2, 0) is 16.1 Å². The van der Waals surface area contributed by atoms with Crippen molar-refractivity contribution in [3.63, 3.8) is 0 Å². The van der Waals surface area contributed by atoms with Gasteiger partial charge in [0.15, 0.2) is 5.16 Å². The van der Waals surface area contributed by atoms with Crippen molar-refractivity contribution < 1.29 is 9.53 Å². The van der Waals surface area contributed by atoms with Crippen LogP contribution in [0.5, 0.6) is 0 Å². The van der Waals surface area contributed by atoms with E-state index in [0.29, 0.717) is 17.7 Å². The molecule has 6 nitrogen and oxygen atoms in total. The Morgan fingerprint density at radius 1 is 1.29 bits per heavy atom. The molecule has 0 radical (unpaired) electrons. The predicted octanol–water partition coefficient (Wildman–Crippen LogP) is 2.73. The fourth-order valence-corrected chi connectivity index (χ4v) is 4.23. The number of ether oxygens (including phenoxy) is 1. The number of carbonyl (C=O) groups excluding carboxylic acids is 1. The highest BCUT2D eigenvalue weighted by Gasteiger charge is 2.23. The second-order valence-corrected chi connectivity index (χ2v) is 8.02. The Balaban J connectivity index is 1.60. The summed E-state index contributed by atoms with van der Waals surface area (Å²) in [5.74, 6) is 1.78. The molecule has 0 spiro atoms. The van der Waals surface area contributed by atoms with Gasteiger partial charge in [0, 0.05) is 18.6 Å². The molecule has 7 heteroatoms. The number of amides is 1. The molecule has 0 aromatic carbocycles. The molecule has 1 aromatic rings. The summed E-state index contributed by atoms with van der Waals surface area (Å²) in [7, 11) is 0. The van der Waals surface area contributed by atoms with Crippen molar-refractivity contribution in [3.05, 3.63) is 5.82 Å². The zero-order valence-electron chi connectivity index (χ0n) is 14.7. The first-order valence-corrected chi connectivity index (χ1v) is 10.1. The monoisotopic (exact) mass is 352 g/mol. The van der Waals surface area contributed by atoms with Crippen molar-refractivity contribution in [2.75, 3.05) is 12.4 Å². The van der Waals surface area contributed by atoms with Gasteiger partial charge in [-0.3, -0.25) is 4.79 Å². The van der Waals surface area contributed by atoms with Gasteiger partial charge in [0.1, 0.15) is 5.82 Å². The molecule has 1 N–H and O–H groups in total. The molecule has 1 unspecified atom stereocenters. The van der Waals surface area contributed by atoms with Crippen LogP contribution in [0.3, 0.4) is 0 Å². The van der Waals surface area contributed by atoms with E-state index in [9.17, 15) is 4.79 Å². The van der Waals surface area contributed by atoms with E-state index in [2.05, 4.69) is 33.9 Å². The largest absolute Gasteiger partial charge is 0.376 e. The Hall–Kier alpha value is -1.08. The van der Waals surface area contributed by atoms with Gasteiger partial charge in [0.05, 0.1) is 18.4 Å². The second-order valence-electron chi connectivity index (χ2n) is 7.08. The van der Waals surface area contributed by atoms with E-state index in [1.54, 1.807) is 0 Å². The molecule has 1 amide bonds. The summed E-state index contributed by atoms with van der Waals surface area (Å²) in [6.45, 7) is 5.87. The summed E-state index contributed by atoms with van der Waals surface area (Å²) in [4.78, 5) is 12.2. The normalized spacial score (nSPS) is 21.7. The van der Waals surface area contributed by atoms with Crippen LogP contribution >= 0.6 is 11.8 Å². The Morgan fingerprint density at radius 3 is 2.75 bits per heavy atom. The van der Waals surface area contributed by atoms with Crippen LogP contribution in [0, 0.1) is 0 Å². The van der Waals surface area contributed by atoms with Crippen molar-refractivity contribution in [2.24, 2.45) is 0 Å². The number of thioether (sulfide) groups is 1. The lowest BCUT2D eigenvalue weighted by atomic mass is 10.2. The van der Waals surface area contributed by atoms with Gasteiger partial charge in [0.2, 0.25) is 5.91 Å². The lowest BCUT2D eigenvalue weighted by Crippen LogP contribution is -2.33. The van der Waals surface area contributed by atoms with Crippen LogP contribution in [0.2, 0.25) is 0 Å². The van der Waals surface area contributed by atoms with Crippen molar-refractivity contribution in [1.82, 2.24) is 20.1 Å². The Bertz CT molecular complexity index is 549. The van der Waals surface area contributed by atoms with Crippen LogP contribution in [0.4, 0.5) is 0 Å². The fraction of sp³-hybridized carbons (Fsp3) is 0.824. The first-order chi connectivity index (χ1) is 11.6. The summed E-state index contributed by atoms with van der Waals surface area (Å²) in [5, 5.41) is 12.6. The van der Waals surface area contributed by atoms with Gasteiger partial charge < -0.3 is 14.6 Å². The molecule has 1 aliphatic carbocycles. The lowest BCUT2D eigenvalue weighted by molar-refractivity contribution is -0.119. The first kappa shape index (κ1) is 17.7. The summed E-state index contributed by atoms with van der Waals surface area (Å²) in [6.07, 6.45) is 7.13. The lowest BCUT2D eigenvalue weighted by Gasteiger charge is -2.16. The average molecular weight is 353 g/mol. The maximum Gasteiger partial charge on any atom is 0.230 e. The number of carbonyl (C=O) groups is 1. The molecule has 24 heavy (non-hydrogen) atoms. The fourth-order valence-electron chi connectivity index (χ4n) is 3.47. The number of hydrogen-bond donors (Lipinski definition) is 1. The molecule has 1 aliphatic heterocycles. The summed E-state index contributed by atoms with van der Waals surface area (Å²) >= 11 is 1.48. The molecule has 2 fully saturated rings. The molecule has 0 bridgehead atoms. The molecular weight excluding hydrogens is 324 g/mol. The number of nitrogens with one attached hydrogen (secondary N) is 1. The van der Waals surface area contributed by atoms with E-state index in [4.69, 9.17) is 4.74 Å². The Kier molecular flexibility index (Phi) is 6.16. The number of rotatable bonds is 7. The summed E-state index contributed by atoms with van der Waals surface area (Å²) in [6, 6.07) is 0.370. The van der Waals surface area contributed by atoms with Crippen molar-refractivity contribution in [1.29, 1.82) is 0 Å². The van der Waals surface area contributed by atoms with Gasteiger partial charge >= 0.3 is 0 Å². The van der Waals surface area contributed by atoms with Crippen LogP contribution < -0.4 is 5.32 Å². The third-order valence-corrected chi connectivity index (χ3v) is 5.69. The minimum atomic E-state index is 0.102. The molecule has 2 heterocycles. The van der Waals surface area contributed by atoms with Crippen LogP contribution in [0.15, 0.2) is 5.16 Å². The quantitative estimate of drug-likeness (QED) is 0.764. The molecule has 1 saturated carbocycles. The van der Waals surface area contributed by atoms with Crippen LogP contribution in [-0.4, -0.2) is 45.2 Å². The van der Waals surface area contributed by atoms with Gasteiger partial charge in [-0.05, 0) is 25.7 Å². The smallest absolute Gasteiger partial charge is 0.230 e. The highest BCUT2D eigenvalue weighted by molar-refractivity contribution is 7.99. The molecule has 1 aromatic heterocycles.